The van der Waals surface area contributed by atoms with E-state index in [1.165, 1.54) is 17.8 Å². The molecule has 0 aliphatic heterocycles. The predicted molar refractivity (Wildman–Crippen MR) is 90.3 cm³/mol. The number of aromatic amines is 1. The van der Waals surface area contributed by atoms with Gasteiger partial charge in [0.1, 0.15) is 0 Å². The van der Waals surface area contributed by atoms with E-state index >= 15 is 0 Å². The van der Waals surface area contributed by atoms with Crippen LogP contribution in [0.15, 0.2) is 33.5 Å². The number of carbonyl (C=O) groups is 1. The van der Waals surface area contributed by atoms with Crippen molar-refractivity contribution in [2.45, 2.75) is 43.6 Å². The molecule has 0 bridgehead atoms. The van der Waals surface area contributed by atoms with Crippen LogP contribution in [0.1, 0.15) is 30.8 Å². The largest absolute Gasteiger partial charge is 0.350 e. The Morgan fingerprint density at radius 3 is 3.05 bits per heavy atom. The lowest BCUT2D eigenvalue weighted by atomic mass is 10.2. The second-order valence-corrected chi connectivity index (χ2v) is 7.21. The maximum atomic E-state index is 12.1. The summed E-state index contributed by atoms with van der Waals surface area (Å²) in [7, 11) is 0. The summed E-state index contributed by atoms with van der Waals surface area (Å²) in [5.74, 6) is -0.0676. The topological polar surface area (TPSA) is 74.8 Å². The summed E-state index contributed by atoms with van der Waals surface area (Å²) in [6.07, 6.45) is 1.69. The number of thioether (sulfide) groups is 1. The molecule has 0 aliphatic carbocycles. The number of aryl methyl sites for hydroxylation is 1. The van der Waals surface area contributed by atoms with Crippen molar-refractivity contribution in [3.05, 3.63) is 44.5 Å². The number of nitrogens with one attached hydrogen (secondary N) is 2. The van der Waals surface area contributed by atoms with Gasteiger partial charge in [0, 0.05) is 16.6 Å². The predicted octanol–water partition coefficient (Wildman–Crippen LogP) is 2.58. The van der Waals surface area contributed by atoms with Crippen LogP contribution in [-0.2, 0) is 17.8 Å². The van der Waals surface area contributed by atoms with Gasteiger partial charge >= 0.3 is 0 Å². The highest BCUT2D eigenvalue weighted by Gasteiger charge is 2.16. The number of nitrogens with zero attached hydrogens (tertiary/aromatic N) is 1. The van der Waals surface area contributed by atoms with Crippen molar-refractivity contribution < 1.29 is 4.79 Å². The normalized spacial score (nSPS) is 12.1. The van der Waals surface area contributed by atoms with E-state index in [2.05, 4.69) is 15.3 Å². The molecule has 0 fully saturated rings. The fourth-order valence-electron chi connectivity index (χ4n) is 1.88. The molecule has 0 saturated heterocycles. The van der Waals surface area contributed by atoms with Gasteiger partial charge in [-0.25, -0.2) is 4.98 Å². The van der Waals surface area contributed by atoms with Crippen molar-refractivity contribution in [2.24, 2.45) is 0 Å². The van der Waals surface area contributed by atoms with E-state index in [1.54, 1.807) is 18.3 Å². The average Bonchev–Trinajstić information content (AvgIpc) is 2.97. The summed E-state index contributed by atoms with van der Waals surface area (Å²) in [6, 6.07) is 5.45. The van der Waals surface area contributed by atoms with E-state index in [9.17, 15) is 9.59 Å². The van der Waals surface area contributed by atoms with E-state index in [1.807, 2.05) is 24.4 Å². The van der Waals surface area contributed by atoms with Crippen LogP contribution in [0, 0.1) is 0 Å². The number of H-pyrrole nitrogens is 1. The minimum Gasteiger partial charge on any atom is -0.350 e. The van der Waals surface area contributed by atoms with Crippen molar-refractivity contribution in [3.63, 3.8) is 0 Å². The van der Waals surface area contributed by atoms with Crippen LogP contribution in [0.3, 0.4) is 0 Å². The van der Waals surface area contributed by atoms with Gasteiger partial charge in [0.25, 0.3) is 5.56 Å². The standard InChI is InChI=1S/C15H19N3O2S2/c1-3-5-11-8-13(19)18-15(17-11)22-10(2)14(20)16-9-12-6-4-7-21-12/h4,6-8,10H,3,5,9H2,1-2H3,(H,16,20)(H,17,18,19). The molecule has 0 aliphatic rings. The molecule has 2 aromatic heterocycles. The molecule has 2 rings (SSSR count). The molecule has 1 amide bonds. The van der Waals surface area contributed by atoms with Crippen LogP contribution < -0.4 is 10.9 Å². The molecule has 7 heteroatoms. The second-order valence-electron chi connectivity index (χ2n) is 4.85. The van der Waals surface area contributed by atoms with Crippen molar-refractivity contribution in [1.29, 1.82) is 0 Å². The summed E-state index contributed by atoms with van der Waals surface area (Å²) in [6.45, 7) is 4.37. The van der Waals surface area contributed by atoms with Gasteiger partial charge in [-0.15, -0.1) is 11.3 Å². The highest BCUT2D eigenvalue weighted by atomic mass is 32.2. The monoisotopic (exact) mass is 337 g/mol. The van der Waals surface area contributed by atoms with E-state index in [0.717, 1.165) is 23.4 Å². The maximum absolute atomic E-state index is 12.1. The number of carbonyl (C=O) groups excluding carboxylic acids is 1. The molecule has 1 atom stereocenters. The summed E-state index contributed by atoms with van der Waals surface area (Å²) < 4.78 is 0. The summed E-state index contributed by atoms with van der Waals surface area (Å²) >= 11 is 2.88. The van der Waals surface area contributed by atoms with Crippen molar-refractivity contribution in [2.75, 3.05) is 0 Å². The third kappa shape index (κ3) is 4.99. The summed E-state index contributed by atoms with van der Waals surface area (Å²) in [5.41, 5.74) is 0.590. The third-order valence-electron chi connectivity index (χ3n) is 2.95. The fraction of sp³-hybridized carbons (Fsp3) is 0.400. The molecule has 0 aromatic carbocycles. The van der Waals surface area contributed by atoms with E-state index in [4.69, 9.17) is 0 Å². The second kappa shape index (κ2) is 8.14. The first kappa shape index (κ1) is 16.8. The molecular formula is C15H19N3O2S2. The molecule has 118 valence electrons. The Hall–Kier alpha value is -1.60. The lowest BCUT2D eigenvalue weighted by Crippen LogP contribution is -2.30. The van der Waals surface area contributed by atoms with Crippen LogP contribution in [0.5, 0.6) is 0 Å². The molecule has 2 heterocycles. The van der Waals surface area contributed by atoms with Gasteiger partial charge in [0.15, 0.2) is 5.16 Å². The van der Waals surface area contributed by atoms with Crippen LogP contribution in [0.25, 0.3) is 0 Å². The van der Waals surface area contributed by atoms with Crippen molar-refractivity contribution in [1.82, 2.24) is 15.3 Å². The van der Waals surface area contributed by atoms with Crippen LogP contribution >= 0.6 is 23.1 Å². The lowest BCUT2D eigenvalue weighted by Gasteiger charge is -2.11. The molecule has 2 aromatic rings. The Morgan fingerprint density at radius 2 is 2.36 bits per heavy atom. The van der Waals surface area contributed by atoms with Crippen LogP contribution in [0.2, 0.25) is 0 Å². The number of rotatable bonds is 7. The average molecular weight is 337 g/mol. The van der Waals surface area contributed by atoms with E-state index in [0.29, 0.717) is 11.7 Å². The number of hydrogen-bond acceptors (Lipinski definition) is 5. The summed E-state index contributed by atoms with van der Waals surface area (Å²) in [5, 5.41) is 5.05. The number of amides is 1. The zero-order valence-electron chi connectivity index (χ0n) is 12.6. The first-order chi connectivity index (χ1) is 10.6. The Bertz CT molecular complexity index is 668. The first-order valence-corrected chi connectivity index (χ1v) is 8.91. The molecule has 0 spiro atoms. The van der Waals surface area contributed by atoms with Gasteiger partial charge in [-0.3, -0.25) is 9.59 Å². The minimum absolute atomic E-state index is 0.0676. The molecule has 0 saturated carbocycles. The number of aromatic nitrogens is 2. The third-order valence-corrected chi connectivity index (χ3v) is 4.81. The van der Waals surface area contributed by atoms with Crippen LogP contribution in [-0.4, -0.2) is 21.1 Å². The van der Waals surface area contributed by atoms with Gasteiger partial charge in [-0.05, 0) is 24.8 Å². The van der Waals surface area contributed by atoms with Gasteiger partial charge < -0.3 is 10.3 Å². The molecular weight excluding hydrogens is 318 g/mol. The number of hydrogen-bond donors (Lipinski definition) is 2. The van der Waals surface area contributed by atoms with Crippen LogP contribution in [0.4, 0.5) is 0 Å². The smallest absolute Gasteiger partial charge is 0.251 e. The van der Waals surface area contributed by atoms with E-state index in [-0.39, 0.29) is 16.7 Å². The van der Waals surface area contributed by atoms with Gasteiger partial charge in [0.2, 0.25) is 5.91 Å². The van der Waals surface area contributed by atoms with Crippen molar-refractivity contribution >= 4 is 29.0 Å². The van der Waals surface area contributed by atoms with Crippen molar-refractivity contribution in [3.8, 4) is 0 Å². The Labute approximate surface area is 137 Å². The molecule has 2 N–H and O–H groups in total. The Morgan fingerprint density at radius 1 is 1.55 bits per heavy atom. The fourth-order valence-corrected chi connectivity index (χ4v) is 3.37. The maximum Gasteiger partial charge on any atom is 0.251 e. The molecule has 22 heavy (non-hydrogen) atoms. The Balaban J connectivity index is 1.94. The highest BCUT2D eigenvalue weighted by molar-refractivity contribution is 8.00. The molecule has 0 radical (unpaired) electrons. The molecule has 1 unspecified atom stereocenters. The highest BCUT2D eigenvalue weighted by Crippen LogP contribution is 2.19. The quantitative estimate of drug-likeness (QED) is 0.601. The SMILES string of the molecule is CCCc1cc(=O)[nH]c(SC(C)C(=O)NCc2cccs2)n1. The number of thiophene rings is 1. The summed E-state index contributed by atoms with van der Waals surface area (Å²) in [4.78, 5) is 31.9. The zero-order valence-corrected chi connectivity index (χ0v) is 14.2. The minimum atomic E-state index is -0.319. The van der Waals surface area contributed by atoms with Gasteiger partial charge in [-0.1, -0.05) is 31.2 Å². The molecule has 5 nitrogen and oxygen atoms in total. The van der Waals surface area contributed by atoms with Gasteiger partial charge in [0.05, 0.1) is 11.8 Å². The Kier molecular flexibility index (Phi) is 6.21. The van der Waals surface area contributed by atoms with Gasteiger partial charge in [-0.2, -0.15) is 0 Å². The first-order valence-electron chi connectivity index (χ1n) is 7.15. The van der Waals surface area contributed by atoms with E-state index < -0.39 is 0 Å². The zero-order chi connectivity index (χ0) is 15.9. The lowest BCUT2D eigenvalue weighted by molar-refractivity contribution is -0.120.